The van der Waals surface area contributed by atoms with Crippen LogP contribution < -0.4 is 15.4 Å². The Morgan fingerprint density at radius 1 is 0.950 bits per heavy atom. The molecular weight excluding hydrogens is 526 g/mol. The van der Waals surface area contributed by atoms with E-state index in [9.17, 15) is 9.59 Å². The van der Waals surface area contributed by atoms with E-state index in [0.29, 0.717) is 40.9 Å². The predicted molar refractivity (Wildman–Crippen MR) is 160 cm³/mol. The van der Waals surface area contributed by atoms with Crippen molar-refractivity contribution in [3.8, 4) is 11.4 Å². The Morgan fingerprint density at radius 2 is 1.68 bits per heavy atom. The lowest BCUT2D eigenvalue weighted by Gasteiger charge is -2.23. The largest absolute Gasteiger partial charge is 0.497 e. The van der Waals surface area contributed by atoms with Gasteiger partial charge >= 0.3 is 6.03 Å². The molecule has 0 spiro atoms. The van der Waals surface area contributed by atoms with Gasteiger partial charge in [0.2, 0.25) is 5.91 Å². The molecule has 0 saturated carbocycles. The van der Waals surface area contributed by atoms with Gasteiger partial charge in [-0.1, -0.05) is 80.9 Å². The molecule has 0 saturated heterocycles. The Hall–Kier alpha value is -4.30. The number of ether oxygens (including phenoxy) is 1. The van der Waals surface area contributed by atoms with Crippen LogP contribution in [0.2, 0.25) is 5.02 Å². The number of aromatic nitrogens is 2. The second-order valence-corrected chi connectivity index (χ2v) is 10.8. The van der Waals surface area contributed by atoms with E-state index in [4.69, 9.17) is 21.4 Å². The number of hydrogen-bond donors (Lipinski definition) is 2. The van der Waals surface area contributed by atoms with E-state index in [1.807, 2.05) is 75.4 Å². The lowest BCUT2D eigenvalue weighted by Crippen LogP contribution is -2.42. The highest BCUT2D eigenvalue weighted by Crippen LogP contribution is 2.29. The first-order chi connectivity index (χ1) is 19.1. The molecule has 9 heteroatoms. The summed E-state index contributed by atoms with van der Waals surface area (Å²) in [5, 5.41) is 11.1. The number of methoxy groups -OCH3 is 1. The van der Waals surface area contributed by atoms with Crippen molar-refractivity contribution in [1.29, 1.82) is 0 Å². The summed E-state index contributed by atoms with van der Waals surface area (Å²) in [5.74, 6) is 0.732. The van der Waals surface area contributed by atoms with Crippen molar-refractivity contribution >= 4 is 35.0 Å². The topological polar surface area (TPSA) is 88.5 Å². The second-order valence-electron chi connectivity index (χ2n) is 10.4. The minimum absolute atomic E-state index is 0.165. The van der Waals surface area contributed by atoms with E-state index in [2.05, 4.69) is 10.6 Å². The van der Waals surface area contributed by atoms with Crippen LogP contribution >= 0.6 is 11.6 Å². The molecule has 2 N–H and O–H groups in total. The van der Waals surface area contributed by atoms with Gasteiger partial charge in [0.25, 0.3) is 0 Å². The van der Waals surface area contributed by atoms with Crippen molar-refractivity contribution in [2.24, 2.45) is 0 Å². The highest BCUT2D eigenvalue weighted by atomic mass is 35.5. The highest BCUT2D eigenvalue weighted by Gasteiger charge is 2.24. The number of nitrogens with zero attached hydrogens (tertiary/aromatic N) is 3. The number of nitrogens with one attached hydrogen (secondary N) is 2. The quantitative estimate of drug-likeness (QED) is 0.243. The van der Waals surface area contributed by atoms with E-state index >= 15 is 0 Å². The summed E-state index contributed by atoms with van der Waals surface area (Å²) in [6, 6.07) is 25.7. The van der Waals surface area contributed by atoms with E-state index in [1.165, 1.54) is 4.90 Å². The van der Waals surface area contributed by atoms with Gasteiger partial charge in [-0.2, -0.15) is 5.10 Å². The molecule has 4 aromatic rings. The molecule has 0 atom stereocenters. The molecule has 0 unspecified atom stereocenters. The van der Waals surface area contributed by atoms with Gasteiger partial charge in [0.15, 0.2) is 0 Å². The van der Waals surface area contributed by atoms with Gasteiger partial charge in [-0.15, -0.1) is 0 Å². The van der Waals surface area contributed by atoms with E-state index in [0.717, 1.165) is 11.3 Å². The molecule has 0 aliphatic heterocycles. The molecule has 0 fully saturated rings. The summed E-state index contributed by atoms with van der Waals surface area (Å²) in [5.41, 5.74) is 2.81. The molecule has 0 radical (unpaired) electrons. The van der Waals surface area contributed by atoms with E-state index < -0.39 is 6.03 Å². The summed E-state index contributed by atoms with van der Waals surface area (Å²) in [7, 11) is 1.57. The van der Waals surface area contributed by atoms with Crippen LogP contribution in [0.4, 0.5) is 16.3 Å². The van der Waals surface area contributed by atoms with Gasteiger partial charge in [0, 0.05) is 29.8 Å². The number of hydrogen-bond acceptors (Lipinski definition) is 4. The first-order valence-corrected chi connectivity index (χ1v) is 13.4. The van der Waals surface area contributed by atoms with Crippen LogP contribution in [0.25, 0.3) is 5.69 Å². The minimum Gasteiger partial charge on any atom is -0.497 e. The molecule has 0 bridgehead atoms. The van der Waals surface area contributed by atoms with Crippen LogP contribution in [-0.4, -0.2) is 46.8 Å². The lowest BCUT2D eigenvalue weighted by atomic mass is 9.92. The van der Waals surface area contributed by atoms with Crippen LogP contribution in [0, 0.1) is 0 Å². The third-order valence-corrected chi connectivity index (χ3v) is 6.60. The molecule has 3 amide bonds. The van der Waals surface area contributed by atoms with Gasteiger partial charge in [0.05, 0.1) is 23.5 Å². The first kappa shape index (κ1) is 28.7. The molecule has 3 aromatic carbocycles. The average molecular weight is 560 g/mol. The van der Waals surface area contributed by atoms with Crippen molar-refractivity contribution in [1.82, 2.24) is 14.7 Å². The van der Waals surface area contributed by atoms with E-state index in [-0.39, 0.29) is 17.9 Å². The predicted octanol–water partition coefficient (Wildman–Crippen LogP) is 6.55. The Balaban J connectivity index is 1.56. The number of halogens is 1. The third-order valence-electron chi connectivity index (χ3n) is 6.28. The Kier molecular flexibility index (Phi) is 9.11. The standard InChI is InChI=1S/C31H34ClN5O3/c1-31(2,3)27-20-28(37(35-27)26-16-9-8-15-25(26)32)34-29(38)21-36(18-17-22-11-6-5-7-12-22)30(39)33-23-13-10-14-24(19-23)40-4/h5-16,19-20H,17-18,21H2,1-4H3,(H,33,39)(H,34,38). The maximum atomic E-state index is 13.4. The van der Waals surface area contributed by atoms with Crippen LogP contribution in [-0.2, 0) is 16.6 Å². The molecule has 1 heterocycles. The average Bonchev–Trinajstić information content (AvgIpc) is 3.36. The fourth-order valence-electron chi connectivity index (χ4n) is 4.06. The molecule has 0 aliphatic carbocycles. The number of anilines is 2. The van der Waals surface area contributed by atoms with Gasteiger partial charge < -0.3 is 20.3 Å². The van der Waals surface area contributed by atoms with Crippen LogP contribution in [0.3, 0.4) is 0 Å². The maximum Gasteiger partial charge on any atom is 0.322 e. The summed E-state index contributed by atoms with van der Waals surface area (Å²) < 4.78 is 6.90. The first-order valence-electron chi connectivity index (χ1n) is 13.0. The summed E-state index contributed by atoms with van der Waals surface area (Å²) in [6.07, 6.45) is 0.589. The molecule has 0 aliphatic rings. The van der Waals surface area contributed by atoms with Gasteiger partial charge in [-0.05, 0) is 36.2 Å². The zero-order valence-corrected chi connectivity index (χ0v) is 23.9. The smallest absolute Gasteiger partial charge is 0.322 e. The van der Waals surface area contributed by atoms with Crippen molar-refractivity contribution in [3.63, 3.8) is 0 Å². The number of benzene rings is 3. The molecular formula is C31H34ClN5O3. The zero-order chi connectivity index (χ0) is 28.7. The SMILES string of the molecule is COc1cccc(NC(=O)N(CCc2ccccc2)CC(=O)Nc2cc(C(C)(C)C)nn2-c2ccccc2Cl)c1. The van der Waals surface area contributed by atoms with E-state index in [1.54, 1.807) is 42.1 Å². The van der Waals surface area contributed by atoms with Crippen molar-refractivity contribution in [2.75, 3.05) is 30.8 Å². The second kappa shape index (κ2) is 12.7. The maximum absolute atomic E-state index is 13.4. The Labute approximate surface area is 239 Å². The Morgan fingerprint density at radius 3 is 2.38 bits per heavy atom. The van der Waals surface area contributed by atoms with Crippen molar-refractivity contribution in [3.05, 3.63) is 101 Å². The van der Waals surface area contributed by atoms with Crippen molar-refractivity contribution in [2.45, 2.75) is 32.6 Å². The summed E-state index contributed by atoms with van der Waals surface area (Å²) in [4.78, 5) is 28.2. The van der Waals surface area contributed by atoms with Crippen LogP contribution in [0.5, 0.6) is 5.75 Å². The molecule has 1 aromatic heterocycles. The minimum atomic E-state index is -0.394. The van der Waals surface area contributed by atoms with Crippen molar-refractivity contribution < 1.29 is 14.3 Å². The number of amides is 3. The fraction of sp³-hybridized carbons (Fsp3) is 0.258. The summed E-state index contributed by atoms with van der Waals surface area (Å²) >= 11 is 6.47. The number of carbonyl (C=O) groups excluding carboxylic acids is 2. The molecule has 40 heavy (non-hydrogen) atoms. The van der Waals surface area contributed by atoms with Crippen LogP contribution in [0.15, 0.2) is 84.9 Å². The zero-order valence-electron chi connectivity index (χ0n) is 23.1. The third kappa shape index (κ3) is 7.42. The number of para-hydroxylation sites is 1. The normalized spacial score (nSPS) is 11.1. The number of carbonyl (C=O) groups is 2. The fourth-order valence-corrected chi connectivity index (χ4v) is 4.28. The van der Waals surface area contributed by atoms with Gasteiger partial charge in [-0.3, -0.25) is 4.79 Å². The van der Waals surface area contributed by atoms with Gasteiger partial charge in [-0.25, -0.2) is 9.48 Å². The molecule has 208 valence electrons. The molecule has 4 rings (SSSR count). The summed E-state index contributed by atoms with van der Waals surface area (Å²) in [6.45, 7) is 6.32. The van der Waals surface area contributed by atoms with Crippen LogP contribution in [0.1, 0.15) is 32.0 Å². The molecule has 8 nitrogen and oxygen atoms in total. The number of rotatable bonds is 9. The Bertz CT molecular complexity index is 1460. The van der Waals surface area contributed by atoms with Gasteiger partial charge in [0.1, 0.15) is 18.1 Å². The number of urea groups is 1. The lowest BCUT2D eigenvalue weighted by molar-refractivity contribution is -0.116. The highest BCUT2D eigenvalue weighted by molar-refractivity contribution is 6.32. The monoisotopic (exact) mass is 559 g/mol.